The van der Waals surface area contributed by atoms with E-state index in [2.05, 4.69) is 4.98 Å². The molecular weight excluding hydrogens is 396 g/mol. The van der Waals surface area contributed by atoms with Crippen LogP contribution in [0.2, 0.25) is 5.02 Å². The number of halogens is 1. The van der Waals surface area contributed by atoms with E-state index in [1.165, 1.54) is 11.3 Å². The minimum atomic E-state index is -0.0660. The molecule has 0 saturated carbocycles. The lowest BCUT2D eigenvalue weighted by Crippen LogP contribution is -2.33. The van der Waals surface area contributed by atoms with Crippen LogP contribution in [0.1, 0.15) is 23.8 Å². The van der Waals surface area contributed by atoms with Crippen LogP contribution in [0.4, 0.5) is 0 Å². The second-order valence-corrected chi connectivity index (χ2v) is 8.37. The van der Waals surface area contributed by atoms with Gasteiger partial charge in [0.25, 0.3) is 5.91 Å². The first-order valence-corrected chi connectivity index (χ1v) is 10.5. The van der Waals surface area contributed by atoms with Gasteiger partial charge in [0, 0.05) is 61.2 Å². The van der Waals surface area contributed by atoms with Gasteiger partial charge in [-0.25, -0.2) is 4.98 Å². The fraction of sp³-hybridized carbons (Fsp3) is 0.350. The zero-order chi connectivity index (χ0) is 19.8. The Morgan fingerprint density at radius 3 is 2.96 bits per heavy atom. The Balaban J connectivity index is 1.53. The van der Waals surface area contributed by atoms with Crippen LogP contribution in [0.25, 0.3) is 16.2 Å². The maximum atomic E-state index is 13.0. The van der Waals surface area contributed by atoms with Crippen molar-refractivity contribution < 1.29 is 9.59 Å². The molecule has 1 saturated heterocycles. The molecule has 1 atom stereocenters. The van der Waals surface area contributed by atoms with E-state index in [-0.39, 0.29) is 17.7 Å². The van der Waals surface area contributed by atoms with E-state index in [9.17, 15) is 9.59 Å². The molecule has 0 N–H and O–H groups in total. The highest BCUT2D eigenvalue weighted by molar-refractivity contribution is 7.15. The molecule has 2 aromatic heterocycles. The maximum absolute atomic E-state index is 13.0. The molecule has 28 heavy (non-hydrogen) atoms. The summed E-state index contributed by atoms with van der Waals surface area (Å²) in [6.45, 7) is 3.98. The molecule has 6 nitrogen and oxygen atoms in total. The molecule has 3 heterocycles. The molecular formula is C20H21ClN4O2S. The second-order valence-electron chi connectivity index (χ2n) is 7.10. The zero-order valence-corrected chi connectivity index (χ0v) is 17.3. The first-order valence-electron chi connectivity index (χ1n) is 9.22. The van der Waals surface area contributed by atoms with E-state index in [1.54, 1.807) is 11.9 Å². The summed E-state index contributed by atoms with van der Waals surface area (Å²) < 4.78 is 1.83. The molecule has 2 amide bonds. The standard InChI is InChI=1S/C20H21ClN4O2S/c1-3-24-10-13(7-18(24)26)9-23(2)19(27)17-12-28-20-22-16(11-25(17)20)14-5-4-6-15(21)8-14/h4-6,8,11-13H,3,7,9-10H2,1-2H3/t13-/m1/s1. The highest BCUT2D eigenvalue weighted by atomic mass is 35.5. The number of fused-ring (bicyclic) bond motifs is 1. The molecule has 3 aromatic rings. The molecule has 4 rings (SSSR count). The van der Waals surface area contributed by atoms with Gasteiger partial charge >= 0.3 is 0 Å². The van der Waals surface area contributed by atoms with Crippen molar-refractivity contribution in [3.05, 3.63) is 46.6 Å². The lowest BCUT2D eigenvalue weighted by atomic mass is 10.1. The third-order valence-corrected chi connectivity index (χ3v) is 6.18. The highest BCUT2D eigenvalue weighted by Gasteiger charge is 2.30. The van der Waals surface area contributed by atoms with E-state index < -0.39 is 0 Å². The molecule has 0 radical (unpaired) electrons. The number of benzene rings is 1. The number of likely N-dealkylation sites (tertiary alicyclic amines) is 1. The van der Waals surface area contributed by atoms with Crippen LogP contribution < -0.4 is 0 Å². The number of thiazole rings is 1. The Bertz CT molecular complexity index is 1040. The molecule has 8 heteroatoms. The maximum Gasteiger partial charge on any atom is 0.271 e. The van der Waals surface area contributed by atoms with Crippen molar-refractivity contribution in [1.29, 1.82) is 0 Å². The largest absolute Gasteiger partial charge is 0.343 e. The number of nitrogens with zero attached hydrogens (tertiary/aromatic N) is 4. The highest BCUT2D eigenvalue weighted by Crippen LogP contribution is 2.26. The summed E-state index contributed by atoms with van der Waals surface area (Å²) in [6.07, 6.45) is 2.38. The Kier molecular flexibility index (Phi) is 5.12. The number of amides is 2. The average molecular weight is 417 g/mol. The summed E-state index contributed by atoms with van der Waals surface area (Å²) in [6, 6.07) is 7.51. The molecule has 0 bridgehead atoms. The number of aromatic nitrogens is 2. The summed E-state index contributed by atoms with van der Waals surface area (Å²) in [7, 11) is 1.79. The topological polar surface area (TPSA) is 57.9 Å². The first kappa shape index (κ1) is 19.0. The van der Waals surface area contributed by atoms with E-state index >= 15 is 0 Å². The number of carbonyl (C=O) groups excluding carboxylic acids is 2. The SMILES string of the molecule is CCN1C[C@@H](CN(C)C(=O)c2csc3nc(-c4cccc(Cl)c4)cn23)CC1=O. The van der Waals surface area contributed by atoms with Crippen molar-refractivity contribution in [2.45, 2.75) is 13.3 Å². The number of carbonyl (C=O) groups is 2. The minimum absolute atomic E-state index is 0.0660. The van der Waals surface area contributed by atoms with Gasteiger partial charge in [-0.15, -0.1) is 11.3 Å². The number of imidazole rings is 1. The van der Waals surface area contributed by atoms with Gasteiger partial charge in [-0.2, -0.15) is 0 Å². The molecule has 0 aliphatic carbocycles. The van der Waals surface area contributed by atoms with Gasteiger partial charge in [0.15, 0.2) is 4.96 Å². The Hall–Kier alpha value is -2.38. The van der Waals surface area contributed by atoms with Gasteiger partial charge in [0.1, 0.15) is 5.69 Å². The molecule has 146 valence electrons. The van der Waals surface area contributed by atoms with Crippen LogP contribution in [0.3, 0.4) is 0 Å². The smallest absolute Gasteiger partial charge is 0.271 e. The number of rotatable bonds is 5. The minimum Gasteiger partial charge on any atom is -0.343 e. The van der Waals surface area contributed by atoms with Gasteiger partial charge in [-0.05, 0) is 19.1 Å². The number of hydrogen-bond donors (Lipinski definition) is 0. The molecule has 0 unspecified atom stereocenters. The lowest BCUT2D eigenvalue weighted by molar-refractivity contribution is -0.127. The summed E-state index contributed by atoms with van der Waals surface area (Å²) in [4.78, 5) is 33.9. The van der Waals surface area contributed by atoms with Crippen LogP contribution in [-0.2, 0) is 4.79 Å². The first-order chi connectivity index (χ1) is 13.5. The summed E-state index contributed by atoms with van der Waals surface area (Å²) in [5, 5.41) is 2.48. The monoisotopic (exact) mass is 416 g/mol. The normalized spacial score (nSPS) is 16.9. The molecule has 1 fully saturated rings. The van der Waals surface area contributed by atoms with Crippen LogP contribution in [0, 0.1) is 5.92 Å². The van der Waals surface area contributed by atoms with Crippen molar-refractivity contribution in [3.63, 3.8) is 0 Å². The molecule has 1 aromatic carbocycles. The van der Waals surface area contributed by atoms with E-state index in [1.807, 2.05) is 52.1 Å². The van der Waals surface area contributed by atoms with E-state index in [4.69, 9.17) is 11.6 Å². The van der Waals surface area contributed by atoms with Crippen molar-refractivity contribution >= 4 is 39.7 Å². The predicted molar refractivity (Wildman–Crippen MR) is 111 cm³/mol. The summed E-state index contributed by atoms with van der Waals surface area (Å²) >= 11 is 7.52. The van der Waals surface area contributed by atoms with Crippen molar-refractivity contribution in [1.82, 2.24) is 19.2 Å². The van der Waals surface area contributed by atoms with Gasteiger partial charge in [-0.3, -0.25) is 14.0 Å². The van der Waals surface area contributed by atoms with Gasteiger partial charge in [0.05, 0.1) is 5.69 Å². The zero-order valence-electron chi connectivity index (χ0n) is 15.8. The number of hydrogen-bond acceptors (Lipinski definition) is 4. The Labute approximate surface area is 172 Å². The second kappa shape index (κ2) is 7.56. The van der Waals surface area contributed by atoms with E-state index in [0.717, 1.165) is 29.3 Å². The predicted octanol–water partition coefficient (Wildman–Crippen LogP) is 3.66. The summed E-state index contributed by atoms with van der Waals surface area (Å²) in [5.74, 6) is 0.288. The summed E-state index contributed by atoms with van der Waals surface area (Å²) in [5.41, 5.74) is 2.28. The fourth-order valence-corrected chi connectivity index (χ4v) is 4.71. The third kappa shape index (κ3) is 3.52. The van der Waals surface area contributed by atoms with Crippen molar-refractivity contribution in [2.75, 3.05) is 26.7 Å². The Morgan fingerprint density at radius 2 is 2.25 bits per heavy atom. The Morgan fingerprint density at radius 1 is 1.43 bits per heavy atom. The van der Waals surface area contributed by atoms with Crippen molar-refractivity contribution in [3.8, 4) is 11.3 Å². The molecule has 1 aliphatic rings. The van der Waals surface area contributed by atoms with E-state index in [0.29, 0.717) is 23.7 Å². The fourth-order valence-electron chi connectivity index (χ4n) is 3.67. The van der Waals surface area contributed by atoms with Crippen LogP contribution in [-0.4, -0.2) is 57.7 Å². The van der Waals surface area contributed by atoms with Gasteiger partial charge < -0.3 is 9.80 Å². The van der Waals surface area contributed by atoms with Gasteiger partial charge in [-0.1, -0.05) is 23.7 Å². The van der Waals surface area contributed by atoms with Crippen LogP contribution >= 0.6 is 22.9 Å². The van der Waals surface area contributed by atoms with Crippen molar-refractivity contribution in [2.24, 2.45) is 5.92 Å². The average Bonchev–Trinajstić information content (AvgIpc) is 3.34. The third-order valence-electron chi connectivity index (χ3n) is 5.10. The molecule has 0 spiro atoms. The van der Waals surface area contributed by atoms with Crippen LogP contribution in [0.15, 0.2) is 35.8 Å². The van der Waals surface area contributed by atoms with Crippen LogP contribution in [0.5, 0.6) is 0 Å². The lowest BCUT2D eigenvalue weighted by Gasteiger charge is -2.21. The quantitative estimate of drug-likeness (QED) is 0.637. The molecule has 1 aliphatic heterocycles. The van der Waals surface area contributed by atoms with Gasteiger partial charge in [0.2, 0.25) is 5.91 Å².